The lowest BCUT2D eigenvalue weighted by Gasteiger charge is -2.31. The molecule has 0 spiro atoms. The molecule has 0 aliphatic carbocycles. The van der Waals surface area contributed by atoms with E-state index < -0.39 is 11.5 Å². The average molecular weight is 294 g/mol. The van der Waals surface area contributed by atoms with Gasteiger partial charge in [-0.15, -0.1) is 0 Å². The summed E-state index contributed by atoms with van der Waals surface area (Å²) in [5.74, 6) is -1.22. The molecule has 1 saturated heterocycles. The van der Waals surface area contributed by atoms with Gasteiger partial charge < -0.3 is 25.6 Å². The van der Waals surface area contributed by atoms with Gasteiger partial charge in [-0.1, -0.05) is 0 Å². The van der Waals surface area contributed by atoms with Crippen LogP contribution in [0.25, 0.3) is 0 Å². The number of ether oxygens (including phenoxy) is 2. The Morgan fingerprint density at radius 2 is 2.05 bits per heavy atom. The van der Waals surface area contributed by atoms with E-state index in [-0.39, 0.29) is 17.2 Å². The molecule has 7 nitrogen and oxygen atoms in total. The summed E-state index contributed by atoms with van der Waals surface area (Å²) in [4.78, 5) is 23.3. The number of hydrogen-bond acceptors (Lipinski definition) is 5. The van der Waals surface area contributed by atoms with Crippen molar-refractivity contribution in [2.24, 2.45) is 5.73 Å². The predicted molar refractivity (Wildman–Crippen MR) is 75.6 cm³/mol. The van der Waals surface area contributed by atoms with E-state index in [0.29, 0.717) is 31.7 Å². The van der Waals surface area contributed by atoms with Crippen LogP contribution in [0, 0.1) is 0 Å². The van der Waals surface area contributed by atoms with Crippen molar-refractivity contribution in [3.63, 3.8) is 0 Å². The van der Waals surface area contributed by atoms with E-state index in [9.17, 15) is 9.59 Å². The summed E-state index contributed by atoms with van der Waals surface area (Å²) in [5, 5.41) is 11.7. The third-order valence-corrected chi connectivity index (χ3v) is 3.53. The number of aromatic carboxylic acids is 1. The number of nitrogens with one attached hydrogen (secondary N) is 1. The van der Waals surface area contributed by atoms with E-state index >= 15 is 0 Å². The highest BCUT2D eigenvalue weighted by Gasteiger charge is 2.36. The van der Waals surface area contributed by atoms with Gasteiger partial charge in [0.1, 0.15) is 16.9 Å². The largest absolute Gasteiger partial charge is 0.496 e. The zero-order chi connectivity index (χ0) is 15.5. The van der Waals surface area contributed by atoms with E-state index in [1.54, 1.807) is 0 Å². The van der Waals surface area contributed by atoms with Gasteiger partial charge in [-0.3, -0.25) is 4.79 Å². The van der Waals surface area contributed by atoms with Crippen LogP contribution in [0.2, 0.25) is 0 Å². The second-order valence-corrected chi connectivity index (χ2v) is 4.94. The first-order chi connectivity index (χ1) is 9.96. The van der Waals surface area contributed by atoms with Crippen LogP contribution in [0.3, 0.4) is 0 Å². The molecule has 0 radical (unpaired) electrons. The number of carbonyl (C=O) groups excluding carboxylic acids is 1. The van der Waals surface area contributed by atoms with Crippen molar-refractivity contribution in [1.29, 1.82) is 0 Å². The summed E-state index contributed by atoms with van der Waals surface area (Å²) in [6, 6.07) is 4.35. The molecule has 4 N–H and O–H groups in total. The number of carboxylic acid groups (broad SMARTS) is 1. The monoisotopic (exact) mass is 294 g/mol. The number of carbonyl (C=O) groups is 2. The van der Waals surface area contributed by atoms with E-state index in [1.165, 1.54) is 25.3 Å². The number of carboxylic acids is 1. The molecule has 2 rings (SSSR count). The number of rotatable bonds is 4. The minimum atomic E-state index is -1.09. The summed E-state index contributed by atoms with van der Waals surface area (Å²) >= 11 is 0. The molecule has 1 aliphatic rings. The van der Waals surface area contributed by atoms with Gasteiger partial charge in [0.15, 0.2) is 0 Å². The van der Waals surface area contributed by atoms with Crippen molar-refractivity contribution in [3.8, 4) is 5.75 Å². The smallest absolute Gasteiger partial charge is 0.339 e. The van der Waals surface area contributed by atoms with E-state index in [1.807, 2.05) is 0 Å². The molecule has 1 aromatic carbocycles. The lowest BCUT2D eigenvalue weighted by molar-refractivity contribution is -0.124. The topological polar surface area (TPSA) is 111 Å². The van der Waals surface area contributed by atoms with Gasteiger partial charge in [0.05, 0.1) is 7.11 Å². The van der Waals surface area contributed by atoms with Gasteiger partial charge in [0, 0.05) is 25.0 Å². The maximum absolute atomic E-state index is 12.3. The Balaban J connectivity index is 2.16. The van der Waals surface area contributed by atoms with Gasteiger partial charge in [-0.2, -0.15) is 0 Å². The number of hydrogen-bond donors (Lipinski definition) is 3. The first kappa shape index (κ1) is 15.3. The van der Waals surface area contributed by atoms with Crippen LogP contribution in [-0.4, -0.2) is 42.8 Å². The lowest BCUT2D eigenvalue weighted by Crippen LogP contribution is -2.54. The summed E-state index contributed by atoms with van der Waals surface area (Å²) < 4.78 is 10.2. The van der Waals surface area contributed by atoms with Gasteiger partial charge in [-0.05, 0) is 25.0 Å². The molecule has 0 atom stereocenters. The van der Waals surface area contributed by atoms with Crippen LogP contribution >= 0.6 is 0 Å². The normalized spacial score (nSPS) is 17.0. The van der Waals surface area contributed by atoms with Crippen molar-refractivity contribution in [1.82, 2.24) is 0 Å². The summed E-state index contributed by atoms with van der Waals surface area (Å²) in [7, 11) is 1.37. The van der Waals surface area contributed by atoms with Crippen molar-refractivity contribution < 1.29 is 24.2 Å². The zero-order valence-electron chi connectivity index (χ0n) is 11.7. The first-order valence-corrected chi connectivity index (χ1v) is 6.56. The summed E-state index contributed by atoms with van der Waals surface area (Å²) in [6.45, 7) is 0.899. The highest BCUT2D eigenvalue weighted by Crippen LogP contribution is 2.25. The molecule has 1 amide bonds. The highest BCUT2D eigenvalue weighted by molar-refractivity contribution is 5.99. The van der Waals surface area contributed by atoms with Crippen LogP contribution in [-0.2, 0) is 9.53 Å². The van der Waals surface area contributed by atoms with Gasteiger partial charge in [-0.25, -0.2) is 4.79 Å². The number of anilines is 1. The SMILES string of the molecule is COc1cc(NC(=O)C2(N)CCOCC2)ccc1C(=O)O. The number of amides is 1. The molecule has 1 heterocycles. The van der Waals surface area contributed by atoms with Crippen LogP contribution in [0.15, 0.2) is 18.2 Å². The van der Waals surface area contributed by atoms with Crippen molar-refractivity contribution >= 4 is 17.6 Å². The Morgan fingerprint density at radius 3 is 2.62 bits per heavy atom. The zero-order valence-corrected chi connectivity index (χ0v) is 11.7. The molecule has 1 aromatic rings. The van der Waals surface area contributed by atoms with Crippen LogP contribution in [0.1, 0.15) is 23.2 Å². The van der Waals surface area contributed by atoms with E-state index in [0.717, 1.165) is 0 Å². The fourth-order valence-electron chi connectivity index (χ4n) is 2.16. The number of benzene rings is 1. The Labute approximate surface area is 122 Å². The Hall–Kier alpha value is -2.12. The van der Waals surface area contributed by atoms with Crippen molar-refractivity contribution in [2.75, 3.05) is 25.6 Å². The molecular formula is C14H18N2O5. The van der Waals surface area contributed by atoms with Crippen LogP contribution in [0.4, 0.5) is 5.69 Å². The second kappa shape index (κ2) is 6.11. The van der Waals surface area contributed by atoms with Gasteiger partial charge >= 0.3 is 5.97 Å². The summed E-state index contributed by atoms with van der Waals surface area (Å²) in [6.07, 6.45) is 0.895. The predicted octanol–water partition coefficient (Wildman–Crippen LogP) is 0.840. The molecule has 21 heavy (non-hydrogen) atoms. The standard InChI is InChI=1S/C14H18N2O5/c1-20-11-8-9(2-3-10(11)12(17)18)16-13(19)14(15)4-6-21-7-5-14/h2-3,8H,4-7,15H2,1H3,(H,16,19)(H,17,18). The molecule has 7 heteroatoms. The van der Waals surface area contributed by atoms with Crippen molar-refractivity contribution in [2.45, 2.75) is 18.4 Å². The van der Waals surface area contributed by atoms with Gasteiger partial charge in [0.25, 0.3) is 0 Å². The Kier molecular flexibility index (Phi) is 4.44. The fraction of sp³-hybridized carbons (Fsp3) is 0.429. The molecule has 0 bridgehead atoms. The highest BCUT2D eigenvalue weighted by atomic mass is 16.5. The Morgan fingerprint density at radius 1 is 1.38 bits per heavy atom. The lowest BCUT2D eigenvalue weighted by atomic mass is 9.90. The molecule has 0 aromatic heterocycles. The molecule has 0 unspecified atom stereocenters. The average Bonchev–Trinajstić information content (AvgIpc) is 2.47. The third-order valence-electron chi connectivity index (χ3n) is 3.53. The molecular weight excluding hydrogens is 276 g/mol. The maximum Gasteiger partial charge on any atom is 0.339 e. The molecule has 1 fully saturated rings. The van der Waals surface area contributed by atoms with E-state index in [4.69, 9.17) is 20.3 Å². The fourth-order valence-corrected chi connectivity index (χ4v) is 2.16. The van der Waals surface area contributed by atoms with Crippen molar-refractivity contribution in [3.05, 3.63) is 23.8 Å². The minimum Gasteiger partial charge on any atom is -0.496 e. The first-order valence-electron chi connectivity index (χ1n) is 6.56. The minimum absolute atomic E-state index is 0.0315. The Bertz CT molecular complexity index is 552. The second-order valence-electron chi connectivity index (χ2n) is 4.94. The van der Waals surface area contributed by atoms with Gasteiger partial charge in [0.2, 0.25) is 5.91 Å². The molecule has 114 valence electrons. The third kappa shape index (κ3) is 3.32. The maximum atomic E-state index is 12.3. The van der Waals surface area contributed by atoms with Crippen LogP contribution < -0.4 is 15.8 Å². The van der Waals surface area contributed by atoms with Crippen LogP contribution in [0.5, 0.6) is 5.75 Å². The quantitative estimate of drug-likeness (QED) is 0.759. The van der Waals surface area contributed by atoms with E-state index in [2.05, 4.69) is 5.32 Å². The summed E-state index contributed by atoms with van der Waals surface area (Å²) in [5.41, 5.74) is 5.59. The molecule has 0 saturated carbocycles. The number of nitrogens with two attached hydrogens (primary N) is 1. The molecule has 1 aliphatic heterocycles. The number of methoxy groups -OCH3 is 1.